The second-order valence-electron chi connectivity index (χ2n) is 5.64. The Kier molecular flexibility index (Phi) is 6.96. The lowest BCUT2D eigenvalue weighted by molar-refractivity contribution is -0.151. The molecule has 0 saturated carbocycles. The van der Waals surface area contributed by atoms with Gasteiger partial charge in [0.15, 0.2) is 0 Å². The molecule has 0 fully saturated rings. The fraction of sp³-hybridized carbons (Fsp3) is 0.389. The first-order valence-corrected chi connectivity index (χ1v) is 9.39. The van der Waals surface area contributed by atoms with Gasteiger partial charge in [0.25, 0.3) is 0 Å². The van der Waals surface area contributed by atoms with E-state index in [4.69, 9.17) is 11.6 Å². The van der Waals surface area contributed by atoms with Crippen LogP contribution >= 0.6 is 22.9 Å². The minimum atomic E-state index is -1.11. The Balaban J connectivity index is 2.08. The van der Waals surface area contributed by atoms with Crippen LogP contribution in [0.1, 0.15) is 30.1 Å². The van der Waals surface area contributed by atoms with Gasteiger partial charge < -0.3 is 10.0 Å². The number of thiazole rings is 1. The third kappa shape index (κ3) is 5.28. The maximum atomic E-state index is 12.4. The number of amides is 1. The van der Waals surface area contributed by atoms with Crippen molar-refractivity contribution in [2.24, 2.45) is 5.92 Å². The Morgan fingerprint density at radius 2 is 1.88 bits per heavy atom. The molecular formula is C18H21ClN2O3S. The second kappa shape index (κ2) is 8.97. The fourth-order valence-electron chi connectivity index (χ4n) is 2.55. The Morgan fingerprint density at radius 1 is 1.24 bits per heavy atom. The molecule has 0 aliphatic rings. The van der Waals surface area contributed by atoms with Crippen molar-refractivity contribution in [3.05, 3.63) is 50.9 Å². The molecule has 0 radical (unpaired) electrons. The number of halogens is 1. The lowest BCUT2D eigenvalue weighted by Crippen LogP contribution is -2.40. The largest absolute Gasteiger partial charge is 0.481 e. The molecule has 1 aromatic carbocycles. The van der Waals surface area contributed by atoms with E-state index in [0.29, 0.717) is 30.2 Å². The van der Waals surface area contributed by atoms with Crippen molar-refractivity contribution in [3.63, 3.8) is 0 Å². The first-order chi connectivity index (χ1) is 11.9. The summed E-state index contributed by atoms with van der Waals surface area (Å²) in [5, 5.41) is 12.8. The van der Waals surface area contributed by atoms with Gasteiger partial charge in [-0.25, -0.2) is 4.98 Å². The molecule has 7 heteroatoms. The number of carbonyl (C=O) groups excluding carboxylic acids is 1. The zero-order valence-electron chi connectivity index (χ0n) is 14.2. The number of hydrogen-bond donors (Lipinski definition) is 1. The van der Waals surface area contributed by atoms with E-state index in [2.05, 4.69) is 4.98 Å². The van der Waals surface area contributed by atoms with Gasteiger partial charge in [0.2, 0.25) is 5.91 Å². The minimum absolute atomic E-state index is 0.113. The van der Waals surface area contributed by atoms with Crippen molar-refractivity contribution in [1.82, 2.24) is 9.88 Å². The summed E-state index contributed by atoms with van der Waals surface area (Å²) in [7, 11) is 0. The van der Waals surface area contributed by atoms with Crippen LogP contribution in [0.25, 0.3) is 0 Å². The summed E-state index contributed by atoms with van der Waals surface area (Å²) < 4.78 is 0. The predicted octanol–water partition coefficient (Wildman–Crippen LogP) is 3.50. The van der Waals surface area contributed by atoms with Gasteiger partial charge in [0.05, 0.1) is 10.7 Å². The normalized spacial score (nSPS) is 12.0. The highest BCUT2D eigenvalue weighted by Gasteiger charge is 2.30. The van der Waals surface area contributed by atoms with E-state index in [1.54, 1.807) is 4.90 Å². The molecule has 0 saturated heterocycles. The molecule has 1 aromatic heterocycles. The molecule has 1 amide bonds. The van der Waals surface area contributed by atoms with Gasteiger partial charge in [-0.05, 0) is 31.5 Å². The van der Waals surface area contributed by atoms with E-state index in [1.165, 1.54) is 11.3 Å². The number of carbonyl (C=O) groups is 2. The van der Waals surface area contributed by atoms with Crippen LogP contribution < -0.4 is 0 Å². The average molecular weight is 381 g/mol. The van der Waals surface area contributed by atoms with E-state index in [0.717, 1.165) is 10.6 Å². The van der Waals surface area contributed by atoms with E-state index in [-0.39, 0.29) is 12.3 Å². The van der Waals surface area contributed by atoms with Crippen LogP contribution in [-0.4, -0.2) is 40.0 Å². The Bertz CT molecular complexity index is 726. The van der Waals surface area contributed by atoms with E-state index in [1.807, 2.05) is 43.5 Å². The van der Waals surface area contributed by atoms with Gasteiger partial charge >= 0.3 is 5.97 Å². The third-order valence-corrected chi connectivity index (χ3v) is 5.10. The fourth-order valence-corrected chi connectivity index (χ4v) is 3.51. The molecule has 5 nitrogen and oxygen atoms in total. The van der Waals surface area contributed by atoms with Gasteiger partial charge in [-0.3, -0.25) is 9.59 Å². The molecule has 2 aromatic rings. The quantitative estimate of drug-likeness (QED) is 0.711. The number of aromatic nitrogens is 1. The van der Waals surface area contributed by atoms with Gasteiger partial charge in [0, 0.05) is 36.3 Å². The highest BCUT2D eigenvalue weighted by molar-refractivity contribution is 7.09. The Hall–Kier alpha value is -1.92. The van der Waals surface area contributed by atoms with Crippen molar-refractivity contribution in [2.75, 3.05) is 13.1 Å². The highest BCUT2D eigenvalue weighted by Crippen LogP contribution is 2.19. The number of nitrogens with zero attached hydrogens (tertiary/aromatic N) is 2. The van der Waals surface area contributed by atoms with Crippen molar-refractivity contribution in [2.45, 2.75) is 26.7 Å². The van der Waals surface area contributed by atoms with E-state index in [9.17, 15) is 14.7 Å². The van der Waals surface area contributed by atoms with Crippen molar-refractivity contribution in [1.29, 1.82) is 0 Å². The highest BCUT2D eigenvalue weighted by atomic mass is 35.5. The van der Waals surface area contributed by atoms with Crippen LogP contribution in [-0.2, 0) is 22.4 Å². The van der Waals surface area contributed by atoms with Crippen LogP contribution in [0.3, 0.4) is 0 Å². The molecule has 2 rings (SSSR count). The van der Waals surface area contributed by atoms with Gasteiger partial charge in [-0.15, -0.1) is 11.3 Å². The molecule has 0 bridgehead atoms. The second-order valence-corrected chi connectivity index (χ2v) is 7.02. The summed E-state index contributed by atoms with van der Waals surface area (Å²) in [4.78, 5) is 30.0. The summed E-state index contributed by atoms with van der Waals surface area (Å²) >= 11 is 7.35. The van der Waals surface area contributed by atoms with E-state index >= 15 is 0 Å². The third-order valence-electron chi connectivity index (χ3n) is 3.95. The molecule has 25 heavy (non-hydrogen) atoms. The van der Waals surface area contributed by atoms with Gasteiger partial charge in [0.1, 0.15) is 5.92 Å². The number of aliphatic carboxylic acids is 1. The van der Waals surface area contributed by atoms with Crippen LogP contribution in [0.5, 0.6) is 0 Å². The number of hydrogen-bond acceptors (Lipinski definition) is 4. The number of benzene rings is 1. The van der Waals surface area contributed by atoms with Crippen LogP contribution in [0.2, 0.25) is 5.02 Å². The van der Waals surface area contributed by atoms with Crippen LogP contribution in [0.4, 0.5) is 0 Å². The van der Waals surface area contributed by atoms with Crippen molar-refractivity contribution < 1.29 is 14.7 Å². The predicted molar refractivity (Wildman–Crippen MR) is 99.1 cm³/mol. The summed E-state index contributed by atoms with van der Waals surface area (Å²) in [5.41, 5.74) is 1.72. The smallest absolute Gasteiger partial charge is 0.316 e. The Morgan fingerprint density at radius 3 is 2.44 bits per heavy atom. The molecule has 1 N–H and O–H groups in total. The lowest BCUT2D eigenvalue weighted by Gasteiger charge is -2.22. The number of rotatable bonds is 8. The van der Waals surface area contributed by atoms with E-state index < -0.39 is 11.9 Å². The average Bonchev–Trinajstić information content (AvgIpc) is 3.02. The molecular weight excluding hydrogens is 360 g/mol. The molecule has 1 atom stereocenters. The van der Waals surface area contributed by atoms with Crippen LogP contribution in [0.15, 0.2) is 29.6 Å². The van der Waals surface area contributed by atoms with Crippen LogP contribution in [0, 0.1) is 5.92 Å². The first kappa shape index (κ1) is 19.4. The molecule has 0 aliphatic heterocycles. The molecule has 0 aliphatic carbocycles. The summed E-state index contributed by atoms with van der Waals surface area (Å²) in [5.74, 6) is -2.56. The summed E-state index contributed by atoms with van der Waals surface area (Å²) in [6.45, 7) is 4.68. The first-order valence-electron chi connectivity index (χ1n) is 8.13. The maximum Gasteiger partial charge on any atom is 0.316 e. The molecule has 1 heterocycles. The zero-order chi connectivity index (χ0) is 18.4. The monoisotopic (exact) mass is 380 g/mol. The topological polar surface area (TPSA) is 70.5 Å². The minimum Gasteiger partial charge on any atom is -0.481 e. The molecule has 0 spiro atoms. The van der Waals surface area contributed by atoms with Crippen molar-refractivity contribution in [3.8, 4) is 0 Å². The maximum absolute atomic E-state index is 12.4. The molecule has 1 unspecified atom stereocenters. The lowest BCUT2D eigenvalue weighted by atomic mass is 10.0. The van der Waals surface area contributed by atoms with Crippen molar-refractivity contribution >= 4 is 34.8 Å². The van der Waals surface area contributed by atoms with Gasteiger partial charge in [-0.1, -0.05) is 23.7 Å². The Labute approximate surface area is 156 Å². The number of carboxylic acids is 1. The standard InChI is InChI=1S/C18H21ClN2O3S/c1-3-21(4-2)17(22)15(18(23)24)10-14-11-25-16(20-14)9-12-5-7-13(19)8-6-12/h5-8,11,15H,3-4,9-10H2,1-2H3,(H,23,24). The van der Waals surface area contributed by atoms with Gasteiger partial charge in [-0.2, -0.15) is 0 Å². The zero-order valence-corrected chi connectivity index (χ0v) is 15.8. The summed E-state index contributed by atoms with van der Waals surface area (Å²) in [6.07, 6.45) is 0.769. The summed E-state index contributed by atoms with van der Waals surface area (Å²) in [6, 6.07) is 7.53. The number of carboxylic acid groups (broad SMARTS) is 1. The molecule has 134 valence electrons. The SMILES string of the molecule is CCN(CC)C(=O)C(Cc1csc(Cc2ccc(Cl)cc2)n1)C(=O)O.